The smallest absolute Gasteiger partial charge is 0.322 e. The summed E-state index contributed by atoms with van der Waals surface area (Å²) >= 11 is 0. The van der Waals surface area contributed by atoms with E-state index < -0.39 is 27.8 Å². The van der Waals surface area contributed by atoms with Gasteiger partial charge in [0.1, 0.15) is 0 Å². The minimum atomic E-state index is -3.70. The Morgan fingerprint density at radius 2 is 2.14 bits per heavy atom. The van der Waals surface area contributed by atoms with Crippen LogP contribution in [0.15, 0.2) is 0 Å². The summed E-state index contributed by atoms with van der Waals surface area (Å²) in [5, 5.41) is 8.74. The van der Waals surface area contributed by atoms with Gasteiger partial charge in [0.05, 0.1) is 13.7 Å². The number of ether oxygens (including phenoxy) is 1. The highest BCUT2D eigenvalue weighted by atomic mass is 32.2. The molecule has 2 N–H and O–H groups in total. The van der Waals surface area contributed by atoms with Crippen LogP contribution >= 0.6 is 0 Å². The van der Waals surface area contributed by atoms with Gasteiger partial charge in [0.2, 0.25) is 10.0 Å². The number of aliphatic hydroxyl groups excluding tert-OH is 1. The maximum atomic E-state index is 11.2. The second kappa shape index (κ2) is 5.94. The standard InChI is InChI=1S/C7H15NO5S/c1-3-6(4-9)8-14(11,12)5-7(10)13-2/h6,8-9H,3-5H2,1-2H3. The second-order valence-corrected chi connectivity index (χ2v) is 4.49. The summed E-state index contributed by atoms with van der Waals surface area (Å²) in [6.07, 6.45) is 0.455. The number of hydrogen-bond acceptors (Lipinski definition) is 5. The van der Waals surface area contributed by atoms with Gasteiger partial charge in [-0.2, -0.15) is 0 Å². The maximum absolute atomic E-state index is 11.2. The van der Waals surface area contributed by atoms with Crippen molar-refractivity contribution in [3.63, 3.8) is 0 Å². The number of carbonyl (C=O) groups excluding carboxylic acids is 1. The summed E-state index contributed by atoms with van der Waals surface area (Å²) in [5.74, 6) is -1.55. The zero-order chi connectivity index (χ0) is 11.2. The molecule has 0 radical (unpaired) electrons. The number of methoxy groups -OCH3 is 1. The Morgan fingerprint density at radius 3 is 2.50 bits per heavy atom. The van der Waals surface area contributed by atoms with Crippen LogP contribution in [0.2, 0.25) is 0 Å². The maximum Gasteiger partial charge on any atom is 0.322 e. The molecule has 0 spiro atoms. The molecule has 0 aromatic rings. The highest BCUT2D eigenvalue weighted by Gasteiger charge is 2.20. The molecule has 0 rings (SSSR count). The summed E-state index contributed by atoms with van der Waals surface area (Å²) in [6, 6.07) is -0.551. The largest absolute Gasteiger partial charge is 0.468 e. The number of nitrogens with one attached hydrogen (secondary N) is 1. The molecule has 0 saturated heterocycles. The lowest BCUT2D eigenvalue weighted by atomic mass is 10.3. The molecule has 0 aliphatic heterocycles. The first-order chi connectivity index (χ1) is 6.45. The fourth-order valence-corrected chi connectivity index (χ4v) is 2.02. The normalized spacial score (nSPS) is 13.6. The minimum absolute atomic E-state index is 0.295. The number of esters is 1. The Balaban J connectivity index is 4.27. The van der Waals surface area contributed by atoms with Gasteiger partial charge in [0, 0.05) is 6.04 Å². The van der Waals surface area contributed by atoms with Crippen molar-refractivity contribution < 1.29 is 23.1 Å². The molecule has 0 fully saturated rings. The molecule has 0 aromatic carbocycles. The van der Waals surface area contributed by atoms with E-state index in [0.29, 0.717) is 6.42 Å². The Kier molecular flexibility index (Phi) is 5.66. The molecule has 0 aromatic heterocycles. The van der Waals surface area contributed by atoms with E-state index in [9.17, 15) is 13.2 Å². The zero-order valence-electron chi connectivity index (χ0n) is 8.19. The number of aliphatic hydroxyl groups is 1. The molecule has 0 bridgehead atoms. The predicted octanol–water partition coefficient (Wildman–Crippen LogP) is -1.15. The van der Waals surface area contributed by atoms with Crippen LogP contribution in [0.25, 0.3) is 0 Å². The first-order valence-corrected chi connectivity index (χ1v) is 5.78. The van der Waals surface area contributed by atoms with Gasteiger partial charge in [-0.05, 0) is 6.42 Å². The topological polar surface area (TPSA) is 92.7 Å². The van der Waals surface area contributed by atoms with E-state index in [-0.39, 0.29) is 6.61 Å². The van der Waals surface area contributed by atoms with E-state index in [0.717, 1.165) is 7.11 Å². The summed E-state index contributed by atoms with van der Waals surface area (Å²) in [6.45, 7) is 1.43. The van der Waals surface area contributed by atoms with Crippen molar-refractivity contribution in [1.29, 1.82) is 0 Å². The van der Waals surface area contributed by atoms with Gasteiger partial charge in [-0.1, -0.05) is 6.92 Å². The zero-order valence-corrected chi connectivity index (χ0v) is 9.00. The van der Waals surface area contributed by atoms with Crippen LogP contribution in [0.3, 0.4) is 0 Å². The van der Waals surface area contributed by atoms with Crippen molar-refractivity contribution in [2.75, 3.05) is 19.5 Å². The third-order valence-corrected chi connectivity index (χ3v) is 2.90. The van der Waals surface area contributed by atoms with E-state index in [1.807, 2.05) is 0 Å². The van der Waals surface area contributed by atoms with Crippen molar-refractivity contribution in [3.05, 3.63) is 0 Å². The molecule has 0 amide bonds. The van der Waals surface area contributed by atoms with Crippen molar-refractivity contribution >= 4 is 16.0 Å². The second-order valence-electron chi connectivity index (χ2n) is 2.74. The Hall–Kier alpha value is -0.660. The Labute approximate surface area is 83.3 Å². The van der Waals surface area contributed by atoms with Gasteiger partial charge in [0.25, 0.3) is 0 Å². The van der Waals surface area contributed by atoms with Crippen molar-refractivity contribution in [2.24, 2.45) is 0 Å². The Bertz CT molecular complexity index is 270. The molecular weight excluding hydrogens is 210 g/mol. The highest BCUT2D eigenvalue weighted by molar-refractivity contribution is 7.90. The molecule has 0 aliphatic rings. The fourth-order valence-electron chi connectivity index (χ4n) is 0.759. The van der Waals surface area contributed by atoms with E-state index in [1.165, 1.54) is 0 Å². The lowest BCUT2D eigenvalue weighted by Crippen LogP contribution is -2.40. The molecule has 7 heteroatoms. The minimum Gasteiger partial charge on any atom is -0.468 e. The summed E-state index contributed by atoms with van der Waals surface area (Å²) in [5.41, 5.74) is 0. The number of hydrogen-bond donors (Lipinski definition) is 2. The van der Waals surface area contributed by atoms with Gasteiger partial charge in [-0.3, -0.25) is 4.79 Å². The Morgan fingerprint density at radius 1 is 1.57 bits per heavy atom. The molecule has 14 heavy (non-hydrogen) atoms. The van der Waals surface area contributed by atoms with Crippen molar-refractivity contribution in [1.82, 2.24) is 4.72 Å². The molecule has 0 aliphatic carbocycles. The fraction of sp³-hybridized carbons (Fsp3) is 0.857. The first kappa shape index (κ1) is 13.3. The quantitative estimate of drug-likeness (QED) is 0.557. The van der Waals surface area contributed by atoms with Crippen LogP contribution < -0.4 is 4.72 Å². The van der Waals surface area contributed by atoms with Crippen LogP contribution in [0, 0.1) is 0 Å². The number of rotatable bonds is 6. The van der Waals surface area contributed by atoms with Gasteiger partial charge in [-0.25, -0.2) is 13.1 Å². The molecule has 6 nitrogen and oxygen atoms in total. The van der Waals surface area contributed by atoms with Crippen LogP contribution in [-0.2, 0) is 19.6 Å². The van der Waals surface area contributed by atoms with Crippen LogP contribution in [0.1, 0.15) is 13.3 Å². The molecular formula is C7H15NO5S. The molecule has 0 saturated carbocycles. The molecule has 84 valence electrons. The third-order valence-electron chi connectivity index (χ3n) is 1.59. The summed E-state index contributed by atoms with van der Waals surface area (Å²) in [4.78, 5) is 10.7. The lowest BCUT2D eigenvalue weighted by Gasteiger charge is -2.13. The van der Waals surface area contributed by atoms with Crippen molar-refractivity contribution in [2.45, 2.75) is 19.4 Å². The van der Waals surface area contributed by atoms with E-state index >= 15 is 0 Å². The predicted molar refractivity (Wildman–Crippen MR) is 50.1 cm³/mol. The average Bonchev–Trinajstić information content (AvgIpc) is 2.13. The van der Waals surface area contributed by atoms with Crippen LogP contribution in [-0.4, -0.2) is 45.0 Å². The third kappa shape index (κ3) is 5.15. The average molecular weight is 225 g/mol. The highest BCUT2D eigenvalue weighted by Crippen LogP contribution is 1.94. The van der Waals surface area contributed by atoms with Gasteiger partial charge < -0.3 is 9.84 Å². The van der Waals surface area contributed by atoms with Gasteiger partial charge >= 0.3 is 5.97 Å². The van der Waals surface area contributed by atoms with E-state index in [2.05, 4.69) is 9.46 Å². The summed E-state index contributed by atoms with van der Waals surface area (Å²) < 4.78 is 28.8. The monoisotopic (exact) mass is 225 g/mol. The number of carbonyl (C=O) groups is 1. The van der Waals surface area contributed by atoms with Gasteiger partial charge in [0.15, 0.2) is 5.75 Å². The molecule has 1 unspecified atom stereocenters. The van der Waals surface area contributed by atoms with Gasteiger partial charge in [-0.15, -0.1) is 0 Å². The summed E-state index contributed by atoms with van der Waals surface area (Å²) in [7, 11) is -2.59. The van der Waals surface area contributed by atoms with E-state index in [1.54, 1.807) is 6.92 Å². The number of sulfonamides is 1. The van der Waals surface area contributed by atoms with Crippen LogP contribution in [0.4, 0.5) is 0 Å². The lowest BCUT2D eigenvalue weighted by molar-refractivity contribution is -0.137. The first-order valence-electron chi connectivity index (χ1n) is 4.12. The molecule has 0 heterocycles. The van der Waals surface area contributed by atoms with E-state index in [4.69, 9.17) is 5.11 Å². The van der Waals surface area contributed by atoms with Crippen molar-refractivity contribution in [3.8, 4) is 0 Å². The SMILES string of the molecule is CCC(CO)NS(=O)(=O)CC(=O)OC. The molecule has 1 atom stereocenters. The van der Waals surface area contributed by atoms with Crippen LogP contribution in [0.5, 0.6) is 0 Å².